The largest absolute Gasteiger partial charge is 0.292 e. The molecule has 0 bridgehead atoms. The van der Waals surface area contributed by atoms with Gasteiger partial charge in [0.1, 0.15) is 0 Å². The van der Waals surface area contributed by atoms with Crippen molar-refractivity contribution in [1.82, 2.24) is 9.80 Å². The third kappa shape index (κ3) is 2.83. The molecule has 3 aliphatic heterocycles. The zero-order chi connectivity index (χ0) is 19.4. The number of halogens is 2. The molecule has 4 nitrogen and oxygen atoms in total. The number of imide groups is 1. The van der Waals surface area contributed by atoms with E-state index in [1.54, 1.807) is 12.1 Å². The molecule has 3 saturated heterocycles. The molecule has 2 aromatic carbocycles. The van der Waals surface area contributed by atoms with E-state index in [0.717, 1.165) is 35.0 Å². The first-order chi connectivity index (χ1) is 13.5. The summed E-state index contributed by atoms with van der Waals surface area (Å²) in [5.74, 6) is -0.559. The van der Waals surface area contributed by atoms with E-state index < -0.39 is 0 Å². The monoisotopic (exact) mass is 458 g/mol. The van der Waals surface area contributed by atoms with Crippen molar-refractivity contribution < 1.29 is 9.59 Å². The minimum absolute atomic E-state index is 0.0125. The molecule has 0 aliphatic carbocycles. The Morgan fingerprint density at radius 1 is 0.964 bits per heavy atom. The minimum atomic E-state index is -0.286. The highest BCUT2D eigenvalue weighted by Gasteiger charge is 2.62. The Bertz CT molecular complexity index is 931. The first-order valence-electron chi connectivity index (χ1n) is 9.65. The van der Waals surface area contributed by atoms with E-state index in [-0.39, 0.29) is 35.7 Å². The maximum atomic E-state index is 13.4. The summed E-state index contributed by atoms with van der Waals surface area (Å²) in [4.78, 5) is 30.5. The number of hydrogen-bond donors (Lipinski definition) is 0. The fourth-order valence-corrected chi connectivity index (χ4v) is 5.64. The van der Waals surface area contributed by atoms with E-state index in [1.165, 1.54) is 4.90 Å². The molecule has 0 aromatic heterocycles. The maximum Gasteiger partial charge on any atom is 0.235 e. The molecule has 2 aromatic rings. The topological polar surface area (TPSA) is 40.6 Å². The molecule has 0 radical (unpaired) electrons. The van der Waals surface area contributed by atoms with Crippen molar-refractivity contribution in [3.05, 3.63) is 69.2 Å². The maximum absolute atomic E-state index is 13.4. The summed E-state index contributed by atoms with van der Waals surface area (Å²) in [7, 11) is 0. The van der Waals surface area contributed by atoms with Gasteiger partial charge in [0.05, 0.1) is 18.4 Å². The van der Waals surface area contributed by atoms with E-state index in [9.17, 15) is 9.59 Å². The molecule has 2 amide bonds. The molecule has 3 fully saturated rings. The summed E-state index contributed by atoms with van der Waals surface area (Å²) < 4.78 is 1.02. The van der Waals surface area contributed by atoms with E-state index in [0.29, 0.717) is 11.6 Å². The van der Waals surface area contributed by atoms with Crippen LogP contribution in [0.1, 0.15) is 30.0 Å². The molecule has 3 heterocycles. The normalized spacial score (nSPS) is 29.4. The van der Waals surface area contributed by atoms with Crippen LogP contribution in [0, 0.1) is 11.8 Å². The van der Waals surface area contributed by atoms with Crippen molar-refractivity contribution in [2.75, 3.05) is 6.54 Å². The molecule has 6 heteroatoms. The lowest BCUT2D eigenvalue weighted by atomic mass is 9.85. The Morgan fingerprint density at radius 3 is 2.36 bits per heavy atom. The predicted molar refractivity (Wildman–Crippen MR) is 111 cm³/mol. The molecule has 28 heavy (non-hydrogen) atoms. The summed E-state index contributed by atoms with van der Waals surface area (Å²) >= 11 is 9.45. The molecule has 0 spiro atoms. The van der Waals surface area contributed by atoms with Gasteiger partial charge < -0.3 is 0 Å². The van der Waals surface area contributed by atoms with Gasteiger partial charge in [-0.3, -0.25) is 19.4 Å². The summed E-state index contributed by atoms with van der Waals surface area (Å²) in [5, 5.41) is 0.650. The lowest BCUT2D eigenvalue weighted by Gasteiger charge is -2.29. The minimum Gasteiger partial charge on any atom is -0.292 e. The summed E-state index contributed by atoms with van der Waals surface area (Å²) in [6, 6.07) is 15.7. The molecule has 0 unspecified atom stereocenters. The summed E-state index contributed by atoms with van der Waals surface area (Å²) in [5.41, 5.74) is 2.05. The van der Waals surface area contributed by atoms with Crippen LogP contribution < -0.4 is 0 Å². The van der Waals surface area contributed by atoms with Crippen molar-refractivity contribution in [3.63, 3.8) is 0 Å². The van der Waals surface area contributed by atoms with Gasteiger partial charge >= 0.3 is 0 Å². The van der Waals surface area contributed by atoms with Crippen LogP contribution in [-0.4, -0.2) is 34.2 Å². The number of rotatable bonds is 3. The molecule has 4 atom stereocenters. The Hall–Kier alpha value is -1.69. The third-order valence-corrected chi connectivity index (χ3v) is 7.19. The van der Waals surface area contributed by atoms with Gasteiger partial charge in [0, 0.05) is 21.6 Å². The number of carbonyl (C=O) groups is 2. The number of likely N-dealkylation sites (tertiary alicyclic amines) is 1. The summed E-state index contributed by atoms with van der Waals surface area (Å²) in [6.07, 6.45) is 2.07. The van der Waals surface area contributed by atoms with Gasteiger partial charge in [-0.1, -0.05) is 51.8 Å². The number of hydrogen-bond acceptors (Lipinski definition) is 3. The number of amides is 2. The van der Waals surface area contributed by atoms with Crippen molar-refractivity contribution in [2.45, 2.75) is 31.5 Å². The number of nitrogens with zero attached hydrogens (tertiary/aromatic N) is 2. The fraction of sp³-hybridized carbons (Fsp3) is 0.364. The second-order valence-corrected chi connectivity index (χ2v) is 9.24. The van der Waals surface area contributed by atoms with Gasteiger partial charge in [0.2, 0.25) is 11.8 Å². The number of carbonyl (C=O) groups excluding carboxylic acids is 2. The average Bonchev–Trinajstić information content (AvgIpc) is 3.33. The lowest BCUT2D eigenvalue weighted by Crippen LogP contribution is -2.38. The second-order valence-electron chi connectivity index (χ2n) is 7.88. The van der Waals surface area contributed by atoms with Crippen LogP contribution in [-0.2, 0) is 16.1 Å². The third-order valence-electron chi connectivity index (χ3n) is 6.41. The van der Waals surface area contributed by atoms with Gasteiger partial charge in [0.15, 0.2) is 0 Å². The molecular formula is C22H20BrClN2O2. The fourth-order valence-electron chi connectivity index (χ4n) is 5.25. The molecular weight excluding hydrogens is 440 g/mol. The van der Waals surface area contributed by atoms with Crippen LogP contribution in [0.5, 0.6) is 0 Å². The summed E-state index contributed by atoms with van der Waals surface area (Å²) in [6.45, 7) is 1.28. The van der Waals surface area contributed by atoms with Gasteiger partial charge in [-0.15, -0.1) is 0 Å². The van der Waals surface area contributed by atoms with E-state index in [2.05, 4.69) is 33.0 Å². The van der Waals surface area contributed by atoms with Crippen molar-refractivity contribution in [2.24, 2.45) is 11.8 Å². The average molecular weight is 460 g/mol. The Balaban J connectivity index is 1.49. The van der Waals surface area contributed by atoms with Gasteiger partial charge in [-0.25, -0.2) is 0 Å². The van der Waals surface area contributed by atoms with Crippen LogP contribution in [0.25, 0.3) is 0 Å². The molecule has 0 saturated carbocycles. The Labute approximate surface area is 177 Å². The van der Waals surface area contributed by atoms with E-state index in [1.807, 2.05) is 24.3 Å². The van der Waals surface area contributed by atoms with Crippen LogP contribution in [0.2, 0.25) is 5.02 Å². The van der Waals surface area contributed by atoms with E-state index >= 15 is 0 Å². The Kier molecular flexibility index (Phi) is 4.57. The van der Waals surface area contributed by atoms with Crippen molar-refractivity contribution in [1.29, 1.82) is 0 Å². The highest BCUT2D eigenvalue weighted by molar-refractivity contribution is 9.10. The SMILES string of the molecule is O=C1[C@@H]2[C@H](C(=O)N1Cc1ccc(Cl)cc1)[C@H](c1ccc(Br)cc1)N1CCC[C@@H]21. The molecule has 0 N–H and O–H groups in total. The van der Waals surface area contributed by atoms with Crippen LogP contribution >= 0.6 is 27.5 Å². The van der Waals surface area contributed by atoms with E-state index in [4.69, 9.17) is 11.6 Å². The molecule has 144 valence electrons. The first-order valence-corrected chi connectivity index (χ1v) is 10.8. The molecule has 3 aliphatic rings. The van der Waals surface area contributed by atoms with Gasteiger partial charge in [-0.2, -0.15) is 0 Å². The highest BCUT2D eigenvalue weighted by Crippen LogP contribution is 2.53. The van der Waals surface area contributed by atoms with Crippen LogP contribution in [0.15, 0.2) is 53.0 Å². The van der Waals surface area contributed by atoms with Gasteiger partial charge in [0.25, 0.3) is 0 Å². The zero-order valence-corrected chi connectivity index (χ0v) is 17.6. The first kappa shape index (κ1) is 18.3. The van der Waals surface area contributed by atoms with Crippen molar-refractivity contribution >= 4 is 39.3 Å². The smallest absolute Gasteiger partial charge is 0.235 e. The number of benzene rings is 2. The quantitative estimate of drug-likeness (QED) is 0.638. The highest BCUT2D eigenvalue weighted by atomic mass is 79.9. The number of fused-ring (bicyclic) bond motifs is 3. The van der Waals surface area contributed by atoms with Crippen LogP contribution in [0.3, 0.4) is 0 Å². The van der Waals surface area contributed by atoms with Crippen LogP contribution in [0.4, 0.5) is 0 Å². The standard InChI is InChI=1S/C22H20BrClN2O2/c23-15-7-5-14(6-8-15)20-19-18(17-2-1-11-25(17)20)21(27)26(22(19)28)12-13-3-9-16(24)10-4-13/h3-10,17-20H,1-2,11-12H2/t17-,18-,19-,20-/m0/s1. The van der Waals surface area contributed by atoms with Crippen molar-refractivity contribution in [3.8, 4) is 0 Å². The lowest BCUT2D eigenvalue weighted by molar-refractivity contribution is -0.142. The van der Waals surface area contributed by atoms with Gasteiger partial charge in [-0.05, 0) is 54.8 Å². The second kappa shape index (κ2) is 6.97. The molecule has 5 rings (SSSR count). The zero-order valence-electron chi connectivity index (χ0n) is 15.2. The predicted octanol–water partition coefficient (Wildman–Crippen LogP) is 4.42. The Morgan fingerprint density at radius 2 is 1.64 bits per heavy atom.